The summed E-state index contributed by atoms with van der Waals surface area (Å²) in [4.78, 5) is 13.2. The Labute approximate surface area is 85.1 Å². The lowest BCUT2D eigenvalue weighted by Gasteiger charge is -2.18. The van der Waals surface area contributed by atoms with Crippen LogP contribution in [0.5, 0.6) is 0 Å². The van der Waals surface area contributed by atoms with Crippen LogP contribution >= 0.6 is 0 Å². The molecule has 0 aromatic rings. The van der Waals surface area contributed by atoms with Gasteiger partial charge in [-0.25, -0.2) is 0 Å². The summed E-state index contributed by atoms with van der Waals surface area (Å²) in [6.07, 6.45) is 6.46. The van der Waals surface area contributed by atoms with Crippen molar-refractivity contribution in [3.05, 3.63) is 0 Å². The third-order valence-corrected chi connectivity index (χ3v) is 3.48. The van der Waals surface area contributed by atoms with Gasteiger partial charge in [0.15, 0.2) is 0 Å². The molecule has 1 unspecified atom stereocenters. The molecule has 0 aromatic carbocycles. The van der Waals surface area contributed by atoms with Gasteiger partial charge in [-0.2, -0.15) is 0 Å². The lowest BCUT2D eigenvalue weighted by atomic mass is 10.0. The summed E-state index contributed by atoms with van der Waals surface area (Å²) in [5.74, 6) is 0.969. The minimum atomic E-state index is -0.411. The number of aliphatic hydroxyl groups excluding tert-OH is 1. The molecule has 1 heterocycles. The molecule has 2 rings (SSSR count). The second-order valence-electron chi connectivity index (χ2n) is 4.64. The third kappa shape index (κ3) is 2.27. The molecule has 14 heavy (non-hydrogen) atoms. The molecular weight excluding hydrogens is 178 g/mol. The zero-order chi connectivity index (χ0) is 9.97. The van der Waals surface area contributed by atoms with Gasteiger partial charge in [0.25, 0.3) is 0 Å². The lowest BCUT2D eigenvalue weighted by Crippen LogP contribution is -2.28. The molecule has 2 fully saturated rings. The normalized spacial score (nSPS) is 29.1. The summed E-state index contributed by atoms with van der Waals surface area (Å²) in [6, 6.07) is 0. The van der Waals surface area contributed by atoms with E-state index >= 15 is 0 Å². The maximum absolute atomic E-state index is 11.4. The van der Waals surface area contributed by atoms with Gasteiger partial charge in [0.1, 0.15) is 0 Å². The number of nitrogens with zero attached hydrogens (tertiary/aromatic N) is 1. The van der Waals surface area contributed by atoms with E-state index in [2.05, 4.69) is 0 Å². The molecule has 1 aliphatic carbocycles. The highest BCUT2D eigenvalue weighted by atomic mass is 16.3. The summed E-state index contributed by atoms with van der Waals surface area (Å²) in [5, 5.41) is 9.30. The Morgan fingerprint density at radius 2 is 2.07 bits per heavy atom. The fraction of sp³-hybridized carbons (Fsp3) is 0.909. The van der Waals surface area contributed by atoms with E-state index in [0.717, 1.165) is 18.9 Å². The van der Waals surface area contributed by atoms with Crippen LogP contribution in [0, 0.1) is 5.92 Å². The zero-order valence-electron chi connectivity index (χ0n) is 8.61. The first-order chi connectivity index (χ1) is 6.75. The SMILES string of the molecule is O=C1CC(O)CN1CCC1CCCC1. The monoisotopic (exact) mass is 197 g/mol. The fourth-order valence-corrected chi connectivity index (χ4v) is 2.60. The smallest absolute Gasteiger partial charge is 0.225 e. The molecule has 1 aliphatic heterocycles. The van der Waals surface area contributed by atoms with Crippen LogP contribution in [0.4, 0.5) is 0 Å². The van der Waals surface area contributed by atoms with E-state index in [9.17, 15) is 9.90 Å². The summed E-state index contributed by atoms with van der Waals surface area (Å²) >= 11 is 0. The summed E-state index contributed by atoms with van der Waals surface area (Å²) in [5.41, 5.74) is 0. The van der Waals surface area contributed by atoms with Crippen LogP contribution in [0.1, 0.15) is 38.5 Å². The predicted molar refractivity (Wildman–Crippen MR) is 53.8 cm³/mol. The van der Waals surface area contributed by atoms with Gasteiger partial charge >= 0.3 is 0 Å². The molecule has 80 valence electrons. The van der Waals surface area contributed by atoms with Gasteiger partial charge < -0.3 is 10.0 Å². The second kappa shape index (κ2) is 4.30. The quantitative estimate of drug-likeness (QED) is 0.737. The Bertz CT molecular complexity index is 211. The van der Waals surface area contributed by atoms with Gasteiger partial charge in [-0.15, -0.1) is 0 Å². The van der Waals surface area contributed by atoms with Crippen LogP contribution in [0.15, 0.2) is 0 Å². The van der Waals surface area contributed by atoms with E-state index in [1.54, 1.807) is 0 Å². The minimum absolute atomic E-state index is 0.135. The standard InChI is InChI=1S/C11H19NO2/c13-10-7-11(14)12(8-10)6-5-9-3-1-2-4-9/h9-10,13H,1-8H2. The van der Waals surface area contributed by atoms with Crippen molar-refractivity contribution in [2.75, 3.05) is 13.1 Å². The molecule has 3 nitrogen and oxygen atoms in total. The number of carbonyl (C=O) groups is 1. The third-order valence-electron chi connectivity index (χ3n) is 3.48. The van der Waals surface area contributed by atoms with Gasteiger partial charge in [-0.1, -0.05) is 25.7 Å². The van der Waals surface area contributed by atoms with Crippen LogP contribution in [0.25, 0.3) is 0 Å². The van der Waals surface area contributed by atoms with E-state index in [-0.39, 0.29) is 5.91 Å². The van der Waals surface area contributed by atoms with Crippen molar-refractivity contribution in [1.82, 2.24) is 4.90 Å². The molecule has 1 amide bonds. The van der Waals surface area contributed by atoms with Crippen molar-refractivity contribution < 1.29 is 9.90 Å². The largest absolute Gasteiger partial charge is 0.391 e. The number of β-amino-alcohol motifs (C(OH)–C–C–N with tert-alkyl or cyclic N) is 1. The molecule has 1 N–H and O–H groups in total. The average Bonchev–Trinajstić information content (AvgIpc) is 2.72. The molecule has 2 aliphatic rings. The predicted octanol–water partition coefficient (Wildman–Crippen LogP) is 1.16. The molecule has 0 bridgehead atoms. The number of rotatable bonds is 3. The first-order valence-electron chi connectivity index (χ1n) is 5.71. The zero-order valence-corrected chi connectivity index (χ0v) is 8.61. The first kappa shape index (κ1) is 9.97. The summed E-state index contributed by atoms with van der Waals surface area (Å²) in [6.45, 7) is 1.42. The Kier molecular flexibility index (Phi) is 3.06. The Hall–Kier alpha value is -0.570. The van der Waals surface area contributed by atoms with Gasteiger partial charge in [0.2, 0.25) is 5.91 Å². The van der Waals surface area contributed by atoms with Crippen LogP contribution in [0.3, 0.4) is 0 Å². The van der Waals surface area contributed by atoms with Crippen molar-refractivity contribution in [1.29, 1.82) is 0 Å². The van der Waals surface area contributed by atoms with Crippen molar-refractivity contribution in [2.24, 2.45) is 5.92 Å². The Morgan fingerprint density at radius 3 is 2.64 bits per heavy atom. The minimum Gasteiger partial charge on any atom is -0.391 e. The molecule has 1 saturated carbocycles. The van der Waals surface area contributed by atoms with Crippen LogP contribution in [-0.2, 0) is 4.79 Å². The van der Waals surface area contributed by atoms with Gasteiger partial charge in [0.05, 0.1) is 12.5 Å². The first-order valence-corrected chi connectivity index (χ1v) is 5.71. The molecule has 3 heteroatoms. The topological polar surface area (TPSA) is 40.5 Å². The van der Waals surface area contributed by atoms with E-state index in [1.807, 2.05) is 4.90 Å². The second-order valence-corrected chi connectivity index (χ2v) is 4.64. The number of likely N-dealkylation sites (tertiary alicyclic amines) is 1. The Morgan fingerprint density at radius 1 is 1.36 bits per heavy atom. The van der Waals surface area contributed by atoms with Crippen molar-refractivity contribution in [3.63, 3.8) is 0 Å². The van der Waals surface area contributed by atoms with E-state index in [4.69, 9.17) is 0 Å². The number of aliphatic hydroxyl groups is 1. The number of carbonyl (C=O) groups excluding carboxylic acids is 1. The number of hydrogen-bond acceptors (Lipinski definition) is 2. The molecule has 0 aromatic heterocycles. The van der Waals surface area contributed by atoms with Crippen molar-refractivity contribution in [2.45, 2.75) is 44.6 Å². The van der Waals surface area contributed by atoms with E-state index in [0.29, 0.717) is 13.0 Å². The van der Waals surface area contributed by atoms with Crippen LogP contribution < -0.4 is 0 Å². The molecule has 1 saturated heterocycles. The molecule has 0 radical (unpaired) electrons. The van der Waals surface area contributed by atoms with Crippen LogP contribution in [0.2, 0.25) is 0 Å². The van der Waals surface area contributed by atoms with E-state index < -0.39 is 6.10 Å². The van der Waals surface area contributed by atoms with Crippen molar-refractivity contribution in [3.8, 4) is 0 Å². The van der Waals surface area contributed by atoms with Gasteiger partial charge in [-0.3, -0.25) is 4.79 Å². The van der Waals surface area contributed by atoms with Crippen molar-refractivity contribution >= 4 is 5.91 Å². The highest BCUT2D eigenvalue weighted by molar-refractivity contribution is 5.78. The fourth-order valence-electron chi connectivity index (χ4n) is 2.60. The summed E-state index contributed by atoms with van der Waals surface area (Å²) < 4.78 is 0. The highest BCUT2D eigenvalue weighted by Crippen LogP contribution is 2.28. The number of hydrogen-bond donors (Lipinski definition) is 1. The Balaban J connectivity index is 1.72. The summed E-state index contributed by atoms with van der Waals surface area (Å²) in [7, 11) is 0. The van der Waals surface area contributed by atoms with E-state index in [1.165, 1.54) is 25.7 Å². The maximum atomic E-state index is 11.4. The lowest BCUT2D eigenvalue weighted by molar-refractivity contribution is -0.127. The molecular formula is C11H19NO2. The van der Waals surface area contributed by atoms with Gasteiger partial charge in [-0.05, 0) is 12.3 Å². The average molecular weight is 197 g/mol. The highest BCUT2D eigenvalue weighted by Gasteiger charge is 2.28. The molecule has 1 atom stereocenters. The molecule has 0 spiro atoms. The number of amides is 1. The maximum Gasteiger partial charge on any atom is 0.225 e. The van der Waals surface area contributed by atoms with Gasteiger partial charge in [0, 0.05) is 13.1 Å². The van der Waals surface area contributed by atoms with Crippen LogP contribution in [-0.4, -0.2) is 35.1 Å².